The van der Waals surface area contributed by atoms with Gasteiger partial charge in [0.1, 0.15) is 23.5 Å². The molecule has 0 radical (unpaired) electrons. The first kappa shape index (κ1) is 27.9. The molecule has 0 bridgehead atoms. The lowest BCUT2D eigenvalue weighted by Crippen LogP contribution is -2.47. The zero-order chi connectivity index (χ0) is 27.2. The zero-order valence-corrected chi connectivity index (χ0v) is 22.3. The second-order valence-electron chi connectivity index (χ2n) is 10.4. The number of hydrazine groups is 1. The summed E-state index contributed by atoms with van der Waals surface area (Å²) in [6.07, 6.45) is 0.829. The predicted molar refractivity (Wildman–Crippen MR) is 139 cm³/mol. The number of rotatable bonds is 9. The lowest BCUT2D eigenvalue weighted by molar-refractivity contribution is -0.127. The van der Waals surface area contributed by atoms with Gasteiger partial charge >= 0.3 is 6.09 Å². The molecule has 0 fully saturated rings. The fraction of sp³-hybridized carbons (Fsp3) is 0.500. The van der Waals surface area contributed by atoms with Crippen LogP contribution in [0, 0.1) is 0 Å². The first-order chi connectivity index (χ1) is 17.4. The highest BCUT2D eigenvalue weighted by Crippen LogP contribution is 2.26. The van der Waals surface area contributed by atoms with Crippen molar-refractivity contribution in [3.8, 4) is 0 Å². The van der Waals surface area contributed by atoms with Crippen LogP contribution in [-0.2, 0) is 32.2 Å². The van der Waals surface area contributed by atoms with Crippen LogP contribution in [0.25, 0.3) is 21.9 Å². The topological polar surface area (TPSA) is 136 Å². The fourth-order valence-corrected chi connectivity index (χ4v) is 3.87. The Bertz CT molecular complexity index is 1280. The van der Waals surface area contributed by atoms with Gasteiger partial charge in [-0.15, -0.1) is 0 Å². The molecule has 0 saturated carbocycles. The normalized spacial score (nSPS) is 11.9. The Hall–Kier alpha value is -3.73. The Morgan fingerprint density at radius 1 is 0.973 bits per heavy atom. The van der Waals surface area contributed by atoms with E-state index in [0.29, 0.717) is 19.8 Å². The van der Waals surface area contributed by atoms with Crippen LogP contribution in [0.5, 0.6) is 0 Å². The number of imidazole rings is 1. The van der Waals surface area contributed by atoms with E-state index < -0.39 is 23.1 Å². The van der Waals surface area contributed by atoms with E-state index in [1.807, 2.05) is 45.0 Å². The number of para-hydroxylation sites is 1. The molecule has 3 N–H and O–H groups in total. The van der Waals surface area contributed by atoms with E-state index in [0.717, 1.165) is 27.8 Å². The highest BCUT2D eigenvalue weighted by molar-refractivity contribution is 6.02. The minimum Gasteiger partial charge on any atom is -0.443 e. The lowest BCUT2D eigenvalue weighted by Gasteiger charge is -2.28. The number of carbonyl (C=O) groups is 3. The third-order valence-electron chi connectivity index (χ3n) is 5.31. The molecule has 0 aliphatic rings. The van der Waals surface area contributed by atoms with Gasteiger partial charge in [-0.1, -0.05) is 18.2 Å². The van der Waals surface area contributed by atoms with Gasteiger partial charge in [-0.05, 0) is 47.6 Å². The lowest BCUT2D eigenvalue weighted by atomic mass is 10.0. The quantitative estimate of drug-likeness (QED) is 0.374. The van der Waals surface area contributed by atoms with Gasteiger partial charge in [0, 0.05) is 31.4 Å². The standard InChI is InChI=1S/C26H36N6O5/c1-7-36-15-20-28-19-14-27-18-11-9-8-10-17(18)23(19)32(20)16-26(5,6)29-21(33)12-13-22(34)30-31-24(35)37-25(2,3)4/h8-11,14H,7,12-13,15-16H2,1-6H3,(H,29,33)(H,30,34)(H,31,35). The third-order valence-corrected chi connectivity index (χ3v) is 5.31. The summed E-state index contributed by atoms with van der Waals surface area (Å²) in [6, 6.07) is 7.84. The molecular formula is C26H36N6O5. The van der Waals surface area contributed by atoms with Gasteiger partial charge in [-0.25, -0.2) is 15.2 Å². The summed E-state index contributed by atoms with van der Waals surface area (Å²) in [5.74, 6) is -0.0537. The van der Waals surface area contributed by atoms with Crippen molar-refractivity contribution in [3.63, 3.8) is 0 Å². The van der Waals surface area contributed by atoms with Crippen molar-refractivity contribution >= 4 is 39.8 Å². The van der Waals surface area contributed by atoms with E-state index in [4.69, 9.17) is 14.5 Å². The molecule has 200 valence electrons. The van der Waals surface area contributed by atoms with Gasteiger partial charge in [0.25, 0.3) is 0 Å². The Balaban J connectivity index is 1.67. The number of fused-ring (bicyclic) bond motifs is 3. The minimum atomic E-state index is -0.774. The van der Waals surface area contributed by atoms with Crippen molar-refractivity contribution in [2.24, 2.45) is 0 Å². The zero-order valence-electron chi connectivity index (χ0n) is 22.3. The largest absolute Gasteiger partial charge is 0.443 e. The van der Waals surface area contributed by atoms with Crippen LogP contribution in [0.15, 0.2) is 30.5 Å². The van der Waals surface area contributed by atoms with Crippen molar-refractivity contribution < 1.29 is 23.9 Å². The number of hydrogen-bond donors (Lipinski definition) is 3. The van der Waals surface area contributed by atoms with Gasteiger partial charge in [0.05, 0.1) is 22.8 Å². The van der Waals surface area contributed by atoms with E-state index in [-0.39, 0.29) is 18.7 Å². The molecule has 0 aliphatic heterocycles. The number of pyridine rings is 1. The highest BCUT2D eigenvalue weighted by atomic mass is 16.6. The highest BCUT2D eigenvalue weighted by Gasteiger charge is 2.25. The predicted octanol–water partition coefficient (Wildman–Crippen LogP) is 3.35. The minimum absolute atomic E-state index is 0.0470. The van der Waals surface area contributed by atoms with Gasteiger partial charge in [0.2, 0.25) is 11.8 Å². The summed E-state index contributed by atoms with van der Waals surface area (Å²) in [4.78, 5) is 45.7. The maximum Gasteiger partial charge on any atom is 0.426 e. The molecule has 0 spiro atoms. The first-order valence-electron chi connectivity index (χ1n) is 12.3. The number of nitrogens with one attached hydrogen (secondary N) is 3. The Morgan fingerprint density at radius 3 is 2.38 bits per heavy atom. The van der Waals surface area contributed by atoms with Gasteiger partial charge < -0.3 is 19.4 Å². The monoisotopic (exact) mass is 512 g/mol. The number of carbonyl (C=O) groups excluding carboxylic acids is 3. The first-order valence-corrected chi connectivity index (χ1v) is 12.3. The maximum absolute atomic E-state index is 12.7. The summed E-state index contributed by atoms with van der Waals surface area (Å²) >= 11 is 0. The van der Waals surface area contributed by atoms with Crippen LogP contribution in [0.1, 0.15) is 60.2 Å². The van der Waals surface area contributed by atoms with Gasteiger partial charge in [0.15, 0.2) is 0 Å². The number of nitrogens with zero attached hydrogens (tertiary/aromatic N) is 3. The Morgan fingerprint density at radius 2 is 1.68 bits per heavy atom. The molecule has 2 aromatic heterocycles. The Kier molecular flexibility index (Phi) is 8.69. The number of hydrogen-bond acceptors (Lipinski definition) is 7. The van der Waals surface area contributed by atoms with Gasteiger partial charge in [-0.2, -0.15) is 0 Å². The second-order valence-corrected chi connectivity index (χ2v) is 10.4. The Labute approximate surface area is 216 Å². The SMILES string of the molecule is CCOCc1nc2cnc3ccccc3c2n1CC(C)(C)NC(=O)CCC(=O)NNC(=O)OC(C)(C)C. The van der Waals surface area contributed by atoms with Crippen molar-refractivity contribution in [3.05, 3.63) is 36.3 Å². The third kappa shape index (κ3) is 7.88. The molecule has 37 heavy (non-hydrogen) atoms. The molecule has 11 nitrogen and oxygen atoms in total. The van der Waals surface area contributed by atoms with Crippen molar-refractivity contribution in [2.75, 3.05) is 6.61 Å². The molecule has 0 aliphatic carbocycles. The molecule has 0 saturated heterocycles. The number of amides is 3. The van der Waals surface area contributed by atoms with E-state index in [2.05, 4.69) is 25.7 Å². The van der Waals surface area contributed by atoms with E-state index in [9.17, 15) is 14.4 Å². The summed E-state index contributed by atoms with van der Waals surface area (Å²) in [5, 5.41) is 3.97. The molecule has 0 atom stereocenters. The number of benzene rings is 1. The van der Waals surface area contributed by atoms with Crippen LogP contribution in [-0.4, -0.2) is 50.2 Å². The molecule has 2 heterocycles. The van der Waals surface area contributed by atoms with Gasteiger partial charge in [-0.3, -0.25) is 20.0 Å². The summed E-state index contributed by atoms with van der Waals surface area (Å²) in [6.45, 7) is 12.2. The summed E-state index contributed by atoms with van der Waals surface area (Å²) in [7, 11) is 0. The molecule has 3 aromatic rings. The molecule has 3 rings (SSSR count). The van der Waals surface area contributed by atoms with Crippen LogP contribution in [0.4, 0.5) is 4.79 Å². The van der Waals surface area contributed by atoms with Crippen LogP contribution < -0.4 is 16.2 Å². The maximum atomic E-state index is 12.7. The summed E-state index contributed by atoms with van der Waals surface area (Å²) in [5.41, 5.74) is 5.60. The average molecular weight is 513 g/mol. The van der Waals surface area contributed by atoms with E-state index in [1.54, 1.807) is 27.0 Å². The van der Waals surface area contributed by atoms with E-state index >= 15 is 0 Å². The molecular weight excluding hydrogens is 476 g/mol. The van der Waals surface area contributed by atoms with E-state index in [1.165, 1.54) is 0 Å². The van der Waals surface area contributed by atoms with Crippen LogP contribution >= 0.6 is 0 Å². The molecule has 0 unspecified atom stereocenters. The fourth-order valence-electron chi connectivity index (χ4n) is 3.87. The van der Waals surface area contributed by atoms with Crippen LogP contribution in [0.2, 0.25) is 0 Å². The average Bonchev–Trinajstić information content (AvgIpc) is 3.15. The molecule has 3 amide bonds. The second kappa shape index (κ2) is 11.5. The molecule has 1 aromatic carbocycles. The molecule has 11 heteroatoms. The van der Waals surface area contributed by atoms with Crippen molar-refractivity contribution in [1.29, 1.82) is 0 Å². The van der Waals surface area contributed by atoms with Crippen molar-refractivity contribution in [1.82, 2.24) is 30.7 Å². The number of ether oxygens (including phenoxy) is 2. The smallest absolute Gasteiger partial charge is 0.426 e. The number of aromatic nitrogens is 3. The summed E-state index contributed by atoms with van der Waals surface area (Å²) < 4.78 is 12.8. The van der Waals surface area contributed by atoms with Crippen LogP contribution in [0.3, 0.4) is 0 Å². The van der Waals surface area contributed by atoms with Crippen molar-refractivity contribution in [2.45, 2.75) is 78.7 Å².